The van der Waals surface area contributed by atoms with Crippen molar-refractivity contribution >= 4 is 17.9 Å². The predicted molar refractivity (Wildman–Crippen MR) is 72.1 cm³/mol. The normalized spacial score (nSPS) is 23.3. The van der Waals surface area contributed by atoms with Gasteiger partial charge in [-0.25, -0.2) is 0 Å². The van der Waals surface area contributed by atoms with Crippen LogP contribution in [0.2, 0.25) is 0 Å². The number of allylic oxidation sites excluding steroid dienone is 2. The fraction of sp³-hybridized carbons (Fsp3) is 0.667. The van der Waals surface area contributed by atoms with Crippen LogP contribution < -0.4 is 0 Å². The van der Waals surface area contributed by atoms with Crippen LogP contribution in [0.1, 0.15) is 32.1 Å². The zero-order valence-corrected chi connectivity index (χ0v) is 12.6. The molecule has 1 unspecified atom stereocenters. The van der Waals surface area contributed by atoms with Gasteiger partial charge in [0.2, 0.25) is 0 Å². The highest BCUT2D eigenvalue weighted by Crippen LogP contribution is 2.50. The summed E-state index contributed by atoms with van der Waals surface area (Å²) in [5.74, 6) is -1.58. The van der Waals surface area contributed by atoms with Gasteiger partial charge in [-0.15, -0.1) is 0 Å². The summed E-state index contributed by atoms with van der Waals surface area (Å²) < 4.78 is 14.4. The zero-order chi connectivity index (χ0) is 15.6. The van der Waals surface area contributed by atoms with Crippen LogP contribution in [0.25, 0.3) is 0 Å². The Labute approximate surface area is 123 Å². The molecule has 2 aliphatic rings. The van der Waals surface area contributed by atoms with Crippen molar-refractivity contribution in [1.29, 1.82) is 0 Å². The van der Waals surface area contributed by atoms with Crippen molar-refractivity contribution in [3.8, 4) is 0 Å². The third-order valence-electron chi connectivity index (χ3n) is 4.50. The first-order chi connectivity index (χ1) is 9.98. The van der Waals surface area contributed by atoms with E-state index in [9.17, 15) is 14.4 Å². The van der Waals surface area contributed by atoms with Gasteiger partial charge in [0.05, 0.1) is 27.2 Å². The molecule has 0 spiro atoms. The number of carbonyl (C=O) groups is 3. The minimum atomic E-state index is -1.28. The van der Waals surface area contributed by atoms with E-state index in [1.165, 1.54) is 21.3 Å². The molecule has 0 aromatic heterocycles. The molecule has 0 aromatic rings. The molecular weight excluding hydrogens is 276 g/mol. The minimum Gasteiger partial charge on any atom is -0.469 e. The number of hydrogen-bond donors (Lipinski definition) is 0. The Bertz CT molecular complexity index is 488. The van der Waals surface area contributed by atoms with E-state index in [4.69, 9.17) is 14.2 Å². The van der Waals surface area contributed by atoms with Crippen molar-refractivity contribution in [2.24, 2.45) is 11.3 Å². The van der Waals surface area contributed by atoms with Crippen LogP contribution in [0.15, 0.2) is 11.1 Å². The van der Waals surface area contributed by atoms with E-state index >= 15 is 0 Å². The topological polar surface area (TPSA) is 78.9 Å². The van der Waals surface area contributed by atoms with Gasteiger partial charge in [0.25, 0.3) is 0 Å². The number of hydrogen-bond acceptors (Lipinski definition) is 6. The molecule has 0 aliphatic heterocycles. The molecule has 0 saturated carbocycles. The molecule has 0 heterocycles. The van der Waals surface area contributed by atoms with Crippen LogP contribution >= 0.6 is 0 Å². The summed E-state index contributed by atoms with van der Waals surface area (Å²) in [6.07, 6.45) is 2.53. The summed E-state index contributed by atoms with van der Waals surface area (Å²) in [6.45, 7) is 0. The summed E-state index contributed by atoms with van der Waals surface area (Å²) in [7, 11) is 3.90. The summed E-state index contributed by atoms with van der Waals surface area (Å²) in [5.41, 5.74) is 0.789. The Morgan fingerprint density at radius 3 is 2.05 bits per heavy atom. The Morgan fingerprint density at radius 2 is 1.52 bits per heavy atom. The molecule has 2 aliphatic carbocycles. The van der Waals surface area contributed by atoms with Gasteiger partial charge in [0.15, 0.2) is 5.41 Å². The van der Waals surface area contributed by atoms with Crippen molar-refractivity contribution in [2.45, 2.75) is 32.1 Å². The molecule has 0 bridgehead atoms. The van der Waals surface area contributed by atoms with Gasteiger partial charge in [0, 0.05) is 0 Å². The lowest BCUT2D eigenvalue weighted by Crippen LogP contribution is -2.39. The highest BCUT2D eigenvalue weighted by Gasteiger charge is 2.54. The Morgan fingerprint density at radius 1 is 0.952 bits per heavy atom. The van der Waals surface area contributed by atoms with E-state index in [-0.39, 0.29) is 18.3 Å². The lowest BCUT2D eigenvalue weighted by atomic mass is 9.83. The molecule has 116 valence electrons. The number of methoxy groups -OCH3 is 3. The van der Waals surface area contributed by atoms with Crippen molar-refractivity contribution in [3.63, 3.8) is 0 Å². The molecule has 0 saturated heterocycles. The number of ether oxygens (including phenoxy) is 3. The molecule has 6 nitrogen and oxygen atoms in total. The second kappa shape index (κ2) is 5.87. The van der Waals surface area contributed by atoms with E-state index in [1.807, 2.05) is 0 Å². The molecule has 2 rings (SSSR count). The molecule has 0 aromatic carbocycles. The molecule has 0 radical (unpaired) electrons. The van der Waals surface area contributed by atoms with Crippen LogP contribution in [0.4, 0.5) is 0 Å². The number of esters is 3. The van der Waals surface area contributed by atoms with E-state index in [0.29, 0.717) is 25.7 Å². The predicted octanol–water partition coefficient (Wildman–Crippen LogP) is 1.38. The van der Waals surface area contributed by atoms with Gasteiger partial charge in [-0.3, -0.25) is 14.4 Å². The Hall–Kier alpha value is -1.85. The summed E-state index contributed by atoms with van der Waals surface area (Å²) in [5, 5.41) is 0. The van der Waals surface area contributed by atoms with Crippen molar-refractivity contribution in [2.75, 3.05) is 21.3 Å². The van der Waals surface area contributed by atoms with Gasteiger partial charge in [-0.2, -0.15) is 0 Å². The quantitative estimate of drug-likeness (QED) is 0.339. The van der Waals surface area contributed by atoms with Gasteiger partial charge in [-0.05, 0) is 32.1 Å². The second-order valence-corrected chi connectivity index (χ2v) is 5.59. The average molecular weight is 296 g/mol. The third kappa shape index (κ3) is 2.54. The first-order valence-corrected chi connectivity index (χ1v) is 6.93. The van der Waals surface area contributed by atoms with E-state index in [1.54, 1.807) is 0 Å². The monoisotopic (exact) mass is 296 g/mol. The van der Waals surface area contributed by atoms with Crippen LogP contribution in [0.3, 0.4) is 0 Å². The zero-order valence-electron chi connectivity index (χ0n) is 12.6. The Kier molecular flexibility index (Phi) is 4.34. The van der Waals surface area contributed by atoms with E-state index in [0.717, 1.165) is 11.1 Å². The van der Waals surface area contributed by atoms with Crippen LogP contribution in [0, 0.1) is 11.3 Å². The maximum atomic E-state index is 12.1. The highest BCUT2D eigenvalue weighted by molar-refractivity contribution is 6.01. The number of carbonyl (C=O) groups excluding carboxylic acids is 3. The van der Waals surface area contributed by atoms with Crippen LogP contribution in [-0.4, -0.2) is 39.2 Å². The van der Waals surface area contributed by atoms with Crippen molar-refractivity contribution in [3.05, 3.63) is 11.1 Å². The second-order valence-electron chi connectivity index (χ2n) is 5.59. The maximum Gasteiger partial charge on any atom is 0.323 e. The van der Waals surface area contributed by atoms with Crippen LogP contribution in [-0.2, 0) is 28.6 Å². The average Bonchev–Trinajstić information content (AvgIpc) is 2.91. The Balaban J connectivity index is 2.22. The summed E-state index contributed by atoms with van der Waals surface area (Å²) >= 11 is 0. The highest BCUT2D eigenvalue weighted by atomic mass is 16.5. The standard InChI is InChI=1S/C15H20O6/c1-19-12(16)9-4-5-10-7-15(13(17)20-2,14(18)21-3)8-11(10)6-9/h9H,4-8H2,1-3H3. The summed E-state index contributed by atoms with van der Waals surface area (Å²) in [4.78, 5) is 35.9. The molecule has 0 fully saturated rings. The molecular formula is C15H20O6. The summed E-state index contributed by atoms with van der Waals surface area (Å²) in [6, 6.07) is 0. The minimum absolute atomic E-state index is 0.195. The van der Waals surface area contributed by atoms with Crippen molar-refractivity contribution in [1.82, 2.24) is 0 Å². The lowest BCUT2D eigenvalue weighted by molar-refractivity contribution is -0.168. The fourth-order valence-corrected chi connectivity index (χ4v) is 3.40. The van der Waals surface area contributed by atoms with Gasteiger partial charge < -0.3 is 14.2 Å². The molecule has 21 heavy (non-hydrogen) atoms. The first kappa shape index (κ1) is 15.5. The van der Waals surface area contributed by atoms with E-state index < -0.39 is 17.4 Å². The third-order valence-corrected chi connectivity index (χ3v) is 4.50. The SMILES string of the molecule is COC(=O)C1CCC2=C(C1)CC(C(=O)OC)(C(=O)OC)C2. The van der Waals surface area contributed by atoms with E-state index in [2.05, 4.69) is 0 Å². The van der Waals surface area contributed by atoms with Crippen molar-refractivity contribution < 1.29 is 28.6 Å². The van der Waals surface area contributed by atoms with Gasteiger partial charge >= 0.3 is 17.9 Å². The smallest absolute Gasteiger partial charge is 0.323 e. The lowest BCUT2D eigenvalue weighted by Gasteiger charge is -2.23. The molecule has 0 N–H and O–H groups in total. The fourth-order valence-electron chi connectivity index (χ4n) is 3.40. The molecule has 1 atom stereocenters. The van der Waals surface area contributed by atoms with Gasteiger partial charge in [-0.1, -0.05) is 11.1 Å². The van der Waals surface area contributed by atoms with Crippen LogP contribution in [0.5, 0.6) is 0 Å². The molecule has 6 heteroatoms. The van der Waals surface area contributed by atoms with Gasteiger partial charge in [0.1, 0.15) is 0 Å². The maximum absolute atomic E-state index is 12.1. The largest absolute Gasteiger partial charge is 0.469 e. The first-order valence-electron chi connectivity index (χ1n) is 6.93. The molecule has 0 amide bonds. The number of rotatable bonds is 3.